The van der Waals surface area contributed by atoms with Crippen LogP contribution in [0, 0.1) is 6.92 Å². The largest absolute Gasteiger partial charge is 0.275 e. The summed E-state index contributed by atoms with van der Waals surface area (Å²) in [5.41, 5.74) is 2.21. The van der Waals surface area contributed by atoms with Crippen LogP contribution in [0.1, 0.15) is 30.0 Å². The molecule has 0 spiro atoms. The molecule has 1 saturated carbocycles. The first-order valence-electron chi connectivity index (χ1n) is 4.74. The fraction of sp³-hybridized carbons (Fsp3) is 0.400. The van der Waals surface area contributed by atoms with Crippen molar-refractivity contribution in [3.05, 3.63) is 27.7 Å². The SMILES string of the molecule is Cc1cc(C2CC2)nc2s[nH]c(=O)c12. The van der Waals surface area contributed by atoms with Crippen LogP contribution >= 0.6 is 11.5 Å². The van der Waals surface area contributed by atoms with Gasteiger partial charge in [0.05, 0.1) is 5.39 Å². The van der Waals surface area contributed by atoms with Gasteiger partial charge in [0.2, 0.25) is 0 Å². The predicted molar refractivity (Wildman–Crippen MR) is 57.0 cm³/mol. The number of fused-ring (bicyclic) bond motifs is 1. The van der Waals surface area contributed by atoms with Gasteiger partial charge in [0.1, 0.15) is 4.83 Å². The second-order valence-corrected chi connectivity index (χ2v) is 4.65. The van der Waals surface area contributed by atoms with Crippen molar-refractivity contribution >= 4 is 21.7 Å². The lowest BCUT2D eigenvalue weighted by atomic mass is 10.1. The van der Waals surface area contributed by atoms with Gasteiger partial charge in [0.15, 0.2) is 0 Å². The van der Waals surface area contributed by atoms with Gasteiger partial charge in [-0.3, -0.25) is 9.17 Å². The number of aryl methyl sites for hydroxylation is 1. The predicted octanol–water partition coefficient (Wildman–Crippen LogP) is 2.17. The number of hydrogen-bond donors (Lipinski definition) is 1. The van der Waals surface area contributed by atoms with Gasteiger partial charge >= 0.3 is 0 Å². The molecule has 0 radical (unpaired) electrons. The monoisotopic (exact) mass is 206 g/mol. The summed E-state index contributed by atoms with van der Waals surface area (Å²) in [6.07, 6.45) is 2.49. The van der Waals surface area contributed by atoms with E-state index >= 15 is 0 Å². The Labute approximate surface area is 84.9 Å². The topological polar surface area (TPSA) is 45.8 Å². The molecule has 0 saturated heterocycles. The Kier molecular flexibility index (Phi) is 1.56. The summed E-state index contributed by atoms with van der Waals surface area (Å²) in [4.78, 5) is 16.8. The number of aromatic nitrogens is 2. The molecular formula is C10H10N2OS. The first-order chi connectivity index (χ1) is 6.75. The van der Waals surface area contributed by atoms with Crippen molar-refractivity contribution in [3.8, 4) is 0 Å². The van der Waals surface area contributed by atoms with Crippen LogP contribution in [0.15, 0.2) is 10.9 Å². The molecule has 0 aliphatic heterocycles. The zero-order valence-electron chi connectivity index (χ0n) is 7.83. The molecule has 0 amide bonds. The van der Waals surface area contributed by atoms with Crippen molar-refractivity contribution in [2.45, 2.75) is 25.7 Å². The zero-order valence-corrected chi connectivity index (χ0v) is 8.65. The highest BCUT2D eigenvalue weighted by atomic mass is 32.1. The van der Waals surface area contributed by atoms with Crippen LogP contribution < -0.4 is 5.56 Å². The molecule has 1 fully saturated rings. The van der Waals surface area contributed by atoms with Gasteiger partial charge in [-0.2, -0.15) is 0 Å². The average Bonchev–Trinajstić information content (AvgIpc) is 2.92. The lowest BCUT2D eigenvalue weighted by molar-refractivity contribution is 1.04. The molecule has 3 rings (SSSR count). The maximum atomic E-state index is 11.4. The number of rotatable bonds is 1. The van der Waals surface area contributed by atoms with E-state index in [9.17, 15) is 4.79 Å². The summed E-state index contributed by atoms with van der Waals surface area (Å²) < 4.78 is 2.73. The minimum Gasteiger partial charge on any atom is -0.275 e. The zero-order chi connectivity index (χ0) is 9.71. The molecule has 0 aromatic carbocycles. The van der Waals surface area contributed by atoms with Gasteiger partial charge in [-0.1, -0.05) is 0 Å². The molecule has 4 heteroatoms. The maximum absolute atomic E-state index is 11.4. The molecule has 0 atom stereocenters. The second kappa shape index (κ2) is 2.67. The van der Waals surface area contributed by atoms with E-state index in [-0.39, 0.29) is 5.56 Å². The third kappa shape index (κ3) is 1.10. The van der Waals surface area contributed by atoms with Gasteiger partial charge in [0, 0.05) is 11.6 Å². The molecule has 2 aromatic heterocycles. The van der Waals surface area contributed by atoms with Crippen LogP contribution in [0.3, 0.4) is 0 Å². The van der Waals surface area contributed by atoms with Gasteiger partial charge in [-0.25, -0.2) is 4.98 Å². The van der Waals surface area contributed by atoms with E-state index in [0.717, 1.165) is 21.5 Å². The summed E-state index contributed by atoms with van der Waals surface area (Å²) in [5, 5.41) is 0.763. The van der Waals surface area contributed by atoms with E-state index in [0.29, 0.717) is 5.92 Å². The molecule has 3 nitrogen and oxygen atoms in total. The van der Waals surface area contributed by atoms with Crippen molar-refractivity contribution in [2.24, 2.45) is 0 Å². The van der Waals surface area contributed by atoms with Gasteiger partial charge in [0.25, 0.3) is 5.56 Å². The smallest absolute Gasteiger partial charge is 0.267 e. The van der Waals surface area contributed by atoms with Crippen LogP contribution in [0.4, 0.5) is 0 Å². The van der Waals surface area contributed by atoms with Crippen molar-refractivity contribution in [1.82, 2.24) is 9.36 Å². The van der Waals surface area contributed by atoms with Crippen molar-refractivity contribution in [1.29, 1.82) is 0 Å². The van der Waals surface area contributed by atoms with E-state index in [2.05, 4.69) is 15.4 Å². The van der Waals surface area contributed by atoms with E-state index < -0.39 is 0 Å². The Morgan fingerprint density at radius 2 is 2.36 bits per heavy atom. The summed E-state index contributed by atoms with van der Waals surface area (Å²) in [6.45, 7) is 1.98. The molecule has 2 aromatic rings. The van der Waals surface area contributed by atoms with Crippen LogP contribution in [0.25, 0.3) is 10.2 Å². The lowest BCUT2D eigenvalue weighted by Crippen LogP contribution is -2.00. The minimum absolute atomic E-state index is 0.00246. The van der Waals surface area contributed by atoms with E-state index in [1.54, 1.807) is 0 Å². The van der Waals surface area contributed by atoms with E-state index in [4.69, 9.17) is 0 Å². The van der Waals surface area contributed by atoms with Crippen molar-refractivity contribution < 1.29 is 0 Å². The molecule has 0 unspecified atom stereocenters. The molecule has 1 aliphatic rings. The molecule has 2 heterocycles. The summed E-state index contributed by atoms with van der Waals surface area (Å²) >= 11 is 1.34. The van der Waals surface area contributed by atoms with Crippen molar-refractivity contribution in [2.75, 3.05) is 0 Å². The van der Waals surface area contributed by atoms with Crippen LogP contribution in [-0.2, 0) is 0 Å². The molecule has 1 aliphatic carbocycles. The Bertz CT molecular complexity index is 551. The number of H-pyrrole nitrogens is 1. The molecule has 1 N–H and O–H groups in total. The Morgan fingerprint density at radius 1 is 1.57 bits per heavy atom. The average molecular weight is 206 g/mol. The van der Waals surface area contributed by atoms with Crippen LogP contribution in [-0.4, -0.2) is 9.36 Å². The normalized spacial score (nSPS) is 16.4. The maximum Gasteiger partial charge on any atom is 0.267 e. The Morgan fingerprint density at radius 3 is 3.07 bits per heavy atom. The summed E-state index contributed by atoms with van der Waals surface area (Å²) in [5.74, 6) is 0.648. The van der Waals surface area contributed by atoms with Crippen LogP contribution in [0.5, 0.6) is 0 Å². The molecule has 0 bridgehead atoms. The first kappa shape index (κ1) is 8.17. The quantitative estimate of drug-likeness (QED) is 0.777. The van der Waals surface area contributed by atoms with E-state index in [1.807, 2.05) is 6.92 Å². The fourth-order valence-corrected chi connectivity index (χ4v) is 2.55. The van der Waals surface area contributed by atoms with Gasteiger partial charge in [-0.15, -0.1) is 0 Å². The van der Waals surface area contributed by atoms with Crippen LogP contribution in [0.2, 0.25) is 0 Å². The minimum atomic E-state index is -0.00246. The number of nitrogens with one attached hydrogen (secondary N) is 1. The second-order valence-electron chi connectivity index (χ2n) is 3.85. The van der Waals surface area contributed by atoms with Crippen molar-refractivity contribution in [3.63, 3.8) is 0 Å². The fourth-order valence-electron chi connectivity index (χ4n) is 1.75. The third-order valence-corrected chi connectivity index (χ3v) is 3.44. The highest BCUT2D eigenvalue weighted by molar-refractivity contribution is 7.12. The van der Waals surface area contributed by atoms with Gasteiger partial charge in [-0.05, 0) is 42.9 Å². The standard InChI is InChI=1S/C10H10N2OS/c1-5-4-7(6-2-3-6)11-10-8(5)9(13)12-14-10/h4,6H,2-3H2,1H3,(H,12,13). The molecule has 14 heavy (non-hydrogen) atoms. The first-order valence-corrected chi connectivity index (χ1v) is 5.56. The molecule has 72 valence electrons. The highest BCUT2D eigenvalue weighted by Crippen LogP contribution is 2.40. The number of hydrogen-bond acceptors (Lipinski definition) is 3. The van der Waals surface area contributed by atoms with Gasteiger partial charge < -0.3 is 0 Å². The Hall–Kier alpha value is -1.16. The number of aromatic amines is 1. The third-order valence-electron chi connectivity index (χ3n) is 2.67. The molecular weight excluding hydrogens is 196 g/mol. The Balaban J connectivity index is 2.34. The number of nitrogens with zero attached hydrogens (tertiary/aromatic N) is 1. The van der Waals surface area contributed by atoms with E-state index in [1.165, 1.54) is 24.4 Å². The summed E-state index contributed by atoms with van der Waals surface area (Å²) in [7, 11) is 0. The highest BCUT2D eigenvalue weighted by Gasteiger charge is 2.26. The summed E-state index contributed by atoms with van der Waals surface area (Å²) in [6, 6.07) is 2.06. The number of pyridine rings is 1. The lowest BCUT2D eigenvalue weighted by Gasteiger charge is -1.99.